The second kappa shape index (κ2) is 5.48. The fourth-order valence-electron chi connectivity index (χ4n) is 3.26. The van der Waals surface area contributed by atoms with E-state index in [2.05, 4.69) is 33.8 Å². The highest BCUT2D eigenvalue weighted by molar-refractivity contribution is 5.81. The van der Waals surface area contributed by atoms with Crippen LogP contribution in [0.5, 0.6) is 0 Å². The molecule has 2 aromatic rings. The van der Waals surface area contributed by atoms with Gasteiger partial charge in [-0.2, -0.15) is 0 Å². The van der Waals surface area contributed by atoms with E-state index in [4.69, 9.17) is 5.73 Å². The lowest BCUT2D eigenvalue weighted by Gasteiger charge is -2.25. The molecule has 5 nitrogen and oxygen atoms in total. The first-order chi connectivity index (χ1) is 10.1. The summed E-state index contributed by atoms with van der Waals surface area (Å²) in [6, 6.07) is 4.13. The molecule has 0 aromatic carbocycles. The maximum absolute atomic E-state index is 11.7. The van der Waals surface area contributed by atoms with Gasteiger partial charge in [0.2, 0.25) is 5.91 Å². The van der Waals surface area contributed by atoms with Crippen molar-refractivity contribution in [3.05, 3.63) is 35.8 Å². The van der Waals surface area contributed by atoms with E-state index < -0.39 is 0 Å². The third-order valence-corrected chi connectivity index (χ3v) is 4.60. The number of aryl methyl sites for hydroxylation is 1. The molecular weight excluding hydrogens is 264 g/mol. The largest absolute Gasteiger partial charge is 0.369 e. The fourth-order valence-corrected chi connectivity index (χ4v) is 3.26. The van der Waals surface area contributed by atoms with Crippen LogP contribution in [0.3, 0.4) is 0 Å². The molecule has 0 bridgehead atoms. The van der Waals surface area contributed by atoms with Gasteiger partial charge in [-0.15, -0.1) is 0 Å². The molecule has 21 heavy (non-hydrogen) atoms. The molecule has 3 N–H and O–H groups in total. The minimum Gasteiger partial charge on any atom is -0.369 e. The molecule has 1 aliphatic carbocycles. The molecule has 0 radical (unpaired) electrons. The number of nitrogens with two attached hydrogens (primary N) is 1. The molecule has 112 valence electrons. The predicted molar refractivity (Wildman–Crippen MR) is 81.7 cm³/mol. The number of nitrogens with zero attached hydrogens (tertiary/aromatic N) is 2. The molecule has 0 aliphatic heterocycles. The first-order valence-electron chi connectivity index (χ1n) is 7.54. The van der Waals surface area contributed by atoms with E-state index in [1.165, 1.54) is 5.56 Å². The van der Waals surface area contributed by atoms with Gasteiger partial charge in [0.25, 0.3) is 0 Å². The van der Waals surface area contributed by atoms with Gasteiger partial charge in [0.15, 0.2) is 0 Å². The number of imidazole rings is 1. The summed E-state index contributed by atoms with van der Waals surface area (Å²) in [7, 11) is 0. The van der Waals surface area contributed by atoms with Crippen molar-refractivity contribution in [3.8, 4) is 0 Å². The number of primary amides is 1. The summed E-state index contributed by atoms with van der Waals surface area (Å²) >= 11 is 0. The molecule has 1 amide bonds. The van der Waals surface area contributed by atoms with Crippen LogP contribution in [0, 0.1) is 12.3 Å². The van der Waals surface area contributed by atoms with Crippen molar-refractivity contribution in [2.45, 2.75) is 39.2 Å². The Labute approximate surface area is 124 Å². The highest BCUT2D eigenvalue weighted by Gasteiger charge is 2.38. The zero-order chi connectivity index (χ0) is 14.9. The van der Waals surface area contributed by atoms with Crippen molar-refractivity contribution < 1.29 is 4.79 Å². The smallest absolute Gasteiger partial charge is 0.224 e. The van der Waals surface area contributed by atoms with E-state index in [-0.39, 0.29) is 11.3 Å². The Hall–Kier alpha value is -1.88. The van der Waals surface area contributed by atoms with Gasteiger partial charge < -0.3 is 15.5 Å². The minimum absolute atomic E-state index is 0.165. The lowest BCUT2D eigenvalue weighted by atomic mass is 9.85. The predicted octanol–water partition coefficient (Wildman–Crippen LogP) is 1.78. The number of hydrogen-bond acceptors (Lipinski definition) is 3. The van der Waals surface area contributed by atoms with E-state index in [0.717, 1.165) is 37.0 Å². The van der Waals surface area contributed by atoms with Gasteiger partial charge in [-0.1, -0.05) is 12.8 Å². The molecule has 0 saturated heterocycles. The average Bonchev–Trinajstić information content (AvgIpc) is 3.07. The SMILES string of the molecule is Cc1ccn2c(CNCC3(C(N)=O)CCCC3)cnc2c1. The van der Waals surface area contributed by atoms with Gasteiger partial charge in [0.1, 0.15) is 5.65 Å². The summed E-state index contributed by atoms with van der Waals surface area (Å²) in [6.07, 6.45) is 7.92. The van der Waals surface area contributed by atoms with Crippen molar-refractivity contribution in [1.82, 2.24) is 14.7 Å². The van der Waals surface area contributed by atoms with Crippen LogP contribution in [-0.2, 0) is 11.3 Å². The molecular formula is C16H22N4O. The zero-order valence-electron chi connectivity index (χ0n) is 12.4. The molecule has 2 aromatic heterocycles. The lowest BCUT2D eigenvalue weighted by Crippen LogP contribution is -2.42. The highest BCUT2D eigenvalue weighted by Crippen LogP contribution is 2.37. The Balaban J connectivity index is 1.68. The Morgan fingerprint density at radius 2 is 2.24 bits per heavy atom. The number of fused-ring (bicyclic) bond motifs is 1. The molecule has 3 rings (SSSR count). The molecule has 0 spiro atoms. The highest BCUT2D eigenvalue weighted by atomic mass is 16.1. The number of nitrogens with one attached hydrogen (secondary N) is 1. The summed E-state index contributed by atoms with van der Waals surface area (Å²) in [5.41, 5.74) is 8.51. The second-order valence-electron chi connectivity index (χ2n) is 6.14. The second-order valence-corrected chi connectivity index (χ2v) is 6.14. The van der Waals surface area contributed by atoms with Gasteiger partial charge in [-0.25, -0.2) is 4.98 Å². The summed E-state index contributed by atoms with van der Waals surface area (Å²) in [5.74, 6) is -0.165. The molecule has 1 fully saturated rings. The molecule has 1 saturated carbocycles. The quantitative estimate of drug-likeness (QED) is 0.880. The Morgan fingerprint density at radius 1 is 1.48 bits per heavy atom. The van der Waals surface area contributed by atoms with Gasteiger partial charge in [0.05, 0.1) is 17.3 Å². The summed E-state index contributed by atoms with van der Waals surface area (Å²) in [6.45, 7) is 3.41. The third-order valence-electron chi connectivity index (χ3n) is 4.60. The Morgan fingerprint density at radius 3 is 2.95 bits per heavy atom. The van der Waals surface area contributed by atoms with E-state index in [1.54, 1.807) is 0 Å². The number of aromatic nitrogens is 2. The van der Waals surface area contributed by atoms with Gasteiger partial charge in [-0.3, -0.25) is 4.79 Å². The summed E-state index contributed by atoms with van der Waals surface area (Å²) < 4.78 is 2.07. The fraction of sp³-hybridized carbons (Fsp3) is 0.500. The van der Waals surface area contributed by atoms with Crippen LogP contribution >= 0.6 is 0 Å². The molecule has 5 heteroatoms. The monoisotopic (exact) mass is 286 g/mol. The first kappa shape index (κ1) is 14.1. The Bertz CT molecular complexity index is 655. The van der Waals surface area contributed by atoms with E-state index >= 15 is 0 Å². The van der Waals surface area contributed by atoms with Crippen molar-refractivity contribution in [3.63, 3.8) is 0 Å². The van der Waals surface area contributed by atoms with Crippen LogP contribution in [0.4, 0.5) is 0 Å². The molecule has 0 atom stereocenters. The minimum atomic E-state index is -0.350. The topological polar surface area (TPSA) is 72.4 Å². The van der Waals surface area contributed by atoms with Crippen molar-refractivity contribution in [1.29, 1.82) is 0 Å². The van der Waals surface area contributed by atoms with Gasteiger partial charge in [-0.05, 0) is 37.5 Å². The van der Waals surface area contributed by atoms with Crippen LogP contribution in [0.25, 0.3) is 5.65 Å². The third kappa shape index (κ3) is 2.65. The van der Waals surface area contributed by atoms with Gasteiger partial charge in [0, 0.05) is 19.3 Å². The van der Waals surface area contributed by atoms with E-state index in [1.807, 2.05) is 12.4 Å². The van der Waals surface area contributed by atoms with E-state index in [0.29, 0.717) is 13.1 Å². The Kier molecular flexibility index (Phi) is 3.68. The number of carbonyl (C=O) groups excluding carboxylic acids is 1. The van der Waals surface area contributed by atoms with Crippen LogP contribution in [0.15, 0.2) is 24.5 Å². The maximum atomic E-state index is 11.7. The van der Waals surface area contributed by atoms with Crippen LogP contribution < -0.4 is 11.1 Å². The normalized spacial score (nSPS) is 17.4. The average molecular weight is 286 g/mol. The lowest BCUT2D eigenvalue weighted by molar-refractivity contribution is -0.127. The molecule has 2 heterocycles. The van der Waals surface area contributed by atoms with Crippen molar-refractivity contribution >= 4 is 11.6 Å². The van der Waals surface area contributed by atoms with E-state index in [9.17, 15) is 4.79 Å². The number of carbonyl (C=O) groups is 1. The maximum Gasteiger partial charge on any atom is 0.224 e. The zero-order valence-corrected chi connectivity index (χ0v) is 12.4. The van der Waals surface area contributed by atoms with Gasteiger partial charge >= 0.3 is 0 Å². The first-order valence-corrected chi connectivity index (χ1v) is 7.54. The number of hydrogen-bond donors (Lipinski definition) is 2. The van der Waals surface area contributed by atoms with Crippen LogP contribution in [0.1, 0.15) is 36.9 Å². The standard InChI is InChI=1S/C16H22N4O/c1-12-4-7-20-13(10-19-14(20)8-12)9-18-11-16(15(17)21)5-2-3-6-16/h4,7-8,10,18H,2-3,5-6,9,11H2,1H3,(H2,17,21). The van der Waals surface area contributed by atoms with Crippen molar-refractivity contribution in [2.24, 2.45) is 11.1 Å². The van der Waals surface area contributed by atoms with Crippen LogP contribution in [0.2, 0.25) is 0 Å². The number of rotatable bonds is 5. The summed E-state index contributed by atoms with van der Waals surface area (Å²) in [5, 5.41) is 3.40. The number of pyridine rings is 1. The molecule has 1 aliphatic rings. The van der Waals surface area contributed by atoms with Crippen molar-refractivity contribution in [2.75, 3.05) is 6.54 Å². The summed E-state index contributed by atoms with van der Waals surface area (Å²) in [4.78, 5) is 16.1. The molecule has 0 unspecified atom stereocenters. The number of amides is 1. The van der Waals surface area contributed by atoms with Crippen LogP contribution in [-0.4, -0.2) is 21.8 Å².